The molecule has 2 heterocycles. The Labute approximate surface area is 173 Å². The molecule has 0 saturated carbocycles. The van der Waals surface area contributed by atoms with Crippen molar-refractivity contribution in [2.75, 3.05) is 31.1 Å². The number of aromatic nitrogens is 2. The highest BCUT2D eigenvalue weighted by atomic mass is 35.5. The van der Waals surface area contributed by atoms with Crippen molar-refractivity contribution in [2.45, 2.75) is 51.0 Å². The van der Waals surface area contributed by atoms with E-state index in [0.29, 0.717) is 41.8 Å². The van der Waals surface area contributed by atoms with Gasteiger partial charge < -0.3 is 4.90 Å². The van der Waals surface area contributed by atoms with E-state index in [0.717, 1.165) is 5.69 Å². The van der Waals surface area contributed by atoms with Crippen LogP contribution in [0.5, 0.6) is 0 Å². The van der Waals surface area contributed by atoms with Gasteiger partial charge in [0.1, 0.15) is 4.90 Å². The van der Waals surface area contributed by atoms with Gasteiger partial charge in [-0.25, -0.2) is 8.42 Å². The highest BCUT2D eigenvalue weighted by Crippen LogP contribution is 2.32. The number of hydrogen-bond donors (Lipinski definition) is 0. The van der Waals surface area contributed by atoms with Gasteiger partial charge in [-0.1, -0.05) is 44.5 Å². The molecule has 8 heteroatoms. The molecule has 1 aromatic heterocycles. The summed E-state index contributed by atoms with van der Waals surface area (Å²) in [5.74, 6) is 0. The maximum Gasteiger partial charge on any atom is 0.246 e. The standard InChI is InChI=1S/C20H29ClN4O2S/c1-15(2)25-14-18(19(22-25)20(3,4)5)28(26,27)24-12-10-23(11-13-24)17-9-7-6-8-16(17)21/h6-9,14-15H,10-13H2,1-5H3. The molecule has 0 amide bonds. The van der Waals surface area contributed by atoms with E-state index >= 15 is 0 Å². The molecule has 28 heavy (non-hydrogen) atoms. The third-order valence-electron chi connectivity index (χ3n) is 4.99. The predicted octanol–water partition coefficient (Wildman–Crippen LogP) is 3.93. The molecular formula is C20H29ClN4O2S. The Balaban J connectivity index is 1.86. The Morgan fingerprint density at radius 3 is 2.21 bits per heavy atom. The highest BCUT2D eigenvalue weighted by Gasteiger charge is 2.36. The van der Waals surface area contributed by atoms with Gasteiger partial charge in [-0.2, -0.15) is 9.40 Å². The summed E-state index contributed by atoms with van der Waals surface area (Å²) in [4.78, 5) is 2.45. The van der Waals surface area contributed by atoms with Crippen molar-refractivity contribution in [3.05, 3.63) is 41.2 Å². The van der Waals surface area contributed by atoms with E-state index in [2.05, 4.69) is 10.00 Å². The lowest BCUT2D eigenvalue weighted by molar-refractivity contribution is 0.383. The van der Waals surface area contributed by atoms with Gasteiger partial charge in [-0.15, -0.1) is 0 Å². The molecule has 1 aliphatic rings. The lowest BCUT2D eigenvalue weighted by Gasteiger charge is -2.36. The van der Waals surface area contributed by atoms with Gasteiger partial charge in [0, 0.05) is 43.8 Å². The number of benzene rings is 1. The largest absolute Gasteiger partial charge is 0.368 e. The molecule has 0 atom stereocenters. The minimum absolute atomic E-state index is 0.0992. The fourth-order valence-electron chi connectivity index (χ4n) is 3.36. The second kappa shape index (κ2) is 7.69. The summed E-state index contributed by atoms with van der Waals surface area (Å²) >= 11 is 6.30. The third kappa shape index (κ3) is 4.07. The molecular weight excluding hydrogens is 396 g/mol. The van der Waals surface area contributed by atoms with Gasteiger partial charge in [0.25, 0.3) is 0 Å². The first-order valence-electron chi connectivity index (χ1n) is 9.61. The maximum atomic E-state index is 13.4. The first-order valence-corrected chi connectivity index (χ1v) is 11.4. The van der Waals surface area contributed by atoms with Crippen LogP contribution in [0.15, 0.2) is 35.4 Å². The summed E-state index contributed by atoms with van der Waals surface area (Å²) < 4.78 is 30.2. The first kappa shape index (κ1) is 21.1. The number of piperazine rings is 1. The Bertz CT molecular complexity index is 939. The van der Waals surface area contributed by atoms with Gasteiger partial charge >= 0.3 is 0 Å². The highest BCUT2D eigenvalue weighted by molar-refractivity contribution is 7.89. The molecule has 0 N–H and O–H groups in total. The minimum atomic E-state index is -3.61. The van der Waals surface area contributed by atoms with Crippen molar-refractivity contribution >= 4 is 27.3 Å². The van der Waals surface area contributed by atoms with E-state index < -0.39 is 10.0 Å². The zero-order valence-electron chi connectivity index (χ0n) is 17.2. The number of anilines is 1. The average molecular weight is 425 g/mol. The molecule has 1 fully saturated rings. The van der Waals surface area contributed by atoms with Crippen molar-refractivity contribution in [3.8, 4) is 0 Å². The fraction of sp³-hybridized carbons (Fsp3) is 0.550. The first-order chi connectivity index (χ1) is 13.0. The lowest BCUT2D eigenvalue weighted by atomic mass is 9.92. The van der Waals surface area contributed by atoms with Crippen molar-refractivity contribution < 1.29 is 8.42 Å². The molecule has 0 radical (unpaired) electrons. The van der Waals surface area contributed by atoms with E-state index in [9.17, 15) is 8.42 Å². The predicted molar refractivity (Wildman–Crippen MR) is 114 cm³/mol. The van der Waals surface area contributed by atoms with Crippen LogP contribution in [-0.2, 0) is 15.4 Å². The second-order valence-electron chi connectivity index (χ2n) is 8.51. The average Bonchev–Trinajstić information content (AvgIpc) is 3.09. The molecule has 1 aliphatic heterocycles. The number of para-hydroxylation sites is 1. The van der Waals surface area contributed by atoms with E-state index in [1.165, 1.54) is 0 Å². The summed E-state index contributed by atoms with van der Waals surface area (Å²) in [6, 6.07) is 7.77. The molecule has 0 aliphatic carbocycles. The van der Waals surface area contributed by atoms with E-state index in [1.807, 2.05) is 58.9 Å². The van der Waals surface area contributed by atoms with Crippen LogP contribution >= 0.6 is 11.6 Å². The summed E-state index contributed by atoms with van der Waals surface area (Å²) in [6.45, 7) is 12.0. The minimum Gasteiger partial charge on any atom is -0.368 e. The van der Waals surface area contributed by atoms with Crippen LogP contribution in [-0.4, -0.2) is 48.7 Å². The normalized spacial score (nSPS) is 16.8. The third-order valence-corrected chi connectivity index (χ3v) is 7.21. The Kier molecular flexibility index (Phi) is 5.81. The van der Waals surface area contributed by atoms with E-state index in [4.69, 9.17) is 11.6 Å². The Hall–Kier alpha value is -1.57. The molecule has 0 bridgehead atoms. The number of rotatable bonds is 4. The van der Waals surface area contributed by atoms with Crippen LogP contribution in [0.3, 0.4) is 0 Å². The zero-order chi connectivity index (χ0) is 20.7. The van der Waals surface area contributed by atoms with Gasteiger partial charge in [-0.05, 0) is 26.0 Å². The monoisotopic (exact) mass is 424 g/mol. The SMILES string of the molecule is CC(C)n1cc(S(=O)(=O)N2CCN(c3ccccc3Cl)CC2)c(C(C)(C)C)n1. The van der Waals surface area contributed by atoms with Crippen molar-refractivity contribution in [1.82, 2.24) is 14.1 Å². The van der Waals surface area contributed by atoms with Crippen LogP contribution in [0.25, 0.3) is 0 Å². The van der Waals surface area contributed by atoms with Gasteiger partial charge in [0.2, 0.25) is 10.0 Å². The molecule has 154 valence electrons. The summed E-state index contributed by atoms with van der Waals surface area (Å²) in [5.41, 5.74) is 1.21. The van der Waals surface area contributed by atoms with Crippen LogP contribution < -0.4 is 4.90 Å². The van der Waals surface area contributed by atoms with Crippen molar-refractivity contribution in [2.24, 2.45) is 0 Å². The van der Waals surface area contributed by atoms with Crippen LogP contribution in [0.1, 0.15) is 46.4 Å². The van der Waals surface area contributed by atoms with Crippen molar-refractivity contribution in [3.63, 3.8) is 0 Å². The Morgan fingerprint density at radius 2 is 1.68 bits per heavy atom. The van der Waals surface area contributed by atoms with Crippen molar-refractivity contribution in [1.29, 1.82) is 0 Å². The summed E-state index contributed by atoms with van der Waals surface area (Å²) in [5, 5.41) is 5.29. The summed E-state index contributed by atoms with van der Waals surface area (Å²) in [7, 11) is -3.61. The molecule has 1 saturated heterocycles. The van der Waals surface area contributed by atoms with Crippen LogP contribution in [0, 0.1) is 0 Å². The maximum absolute atomic E-state index is 13.4. The fourth-order valence-corrected chi connectivity index (χ4v) is 5.37. The smallest absolute Gasteiger partial charge is 0.246 e. The number of halogens is 1. The molecule has 6 nitrogen and oxygen atoms in total. The molecule has 2 aromatic rings. The van der Waals surface area contributed by atoms with Crippen LogP contribution in [0.2, 0.25) is 5.02 Å². The van der Waals surface area contributed by atoms with Gasteiger partial charge in [-0.3, -0.25) is 4.68 Å². The van der Waals surface area contributed by atoms with Gasteiger partial charge in [0.15, 0.2) is 0 Å². The van der Waals surface area contributed by atoms with E-state index in [1.54, 1.807) is 15.2 Å². The van der Waals surface area contributed by atoms with E-state index in [-0.39, 0.29) is 11.5 Å². The zero-order valence-corrected chi connectivity index (χ0v) is 18.8. The van der Waals surface area contributed by atoms with Crippen LogP contribution in [0.4, 0.5) is 5.69 Å². The second-order valence-corrected chi connectivity index (χ2v) is 10.8. The topological polar surface area (TPSA) is 58.4 Å². The molecule has 0 unspecified atom stereocenters. The molecule has 3 rings (SSSR count). The summed E-state index contributed by atoms with van der Waals surface area (Å²) in [6.07, 6.45) is 1.68. The number of nitrogens with zero attached hydrogens (tertiary/aromatic N) is 4. The number of sulfonamides is 1. The quantitative estimate of drug-likeness (QED) is 0.746. The lowest BCUT2D eigenvalue weighted by Crippen LogP contribution is -2.49. The van der Waals surface area contributed by atoms with Gasteiger partial charge in [0.05, 0.1) is 16.4 Å². The molecule has 1 aromatic carbocycles. The number of hydrogen-bond acceptors (Lipinski definition) is 4. The molecule has 0 spiro atoms. The Morgan fingerprint density at radius 1 is 1.07 bits per heavy atom.